The quantitative estimate of drug-likeness (QED) is 0.887. The van der Waals surface area contributed by atoms with Crippen molar-refractivity contribution in [1.82, 2.24) is 5.32 Å². The average Bonchev–Trinajstić information content (AvgIpc) is 2.59. The number of carboxylic acid groups (broad SMARTS) is 1. The van der Waals surface area contributed by atoms with E-state index in [1.54, 1.807) is 13.8 Å². The second-order valence-electron chi connectivity index (χ2n) is 3.64. The smallest absolute Gasteiger partial charge is 0.326 e. The van der Waals surface area contributed by atoms with Gasteiger partial charge in [0, 0.05) is 0 Å². The molecule has 0 spiro atoms. The summed E-state index contributed by atoms with van der Waals surface area (Å²) in [6.45, 7) is 3.45. The fourth-order valence-corrected chi connectivity index (χ4v) is 1.61. The van der Waals surface area contributed by atoms with Crippen LogP contribution in [0.25, 0.3) is 0 Å². The molecule has 0 aromatic carbocycles. The number of amides is 1. The minimum atomic E-state index is -1.05. The van der Waals surface area contributed by atoms with E-state index in [0.29, 0.717) is 0 Å². The first-order chi connectivity index (χ1) is 7.43. The Kier molecular flexibility index (Phi) is 4.12. The minimum Gasteiger partial charge on any atom is -0.480 e. The van der Waals surface area contributed by atoms with E-state index in [2.05, 4.69) is 21.2 Å². The molecule has 0 aliphatic heterocycles. The molecule has 0 saturated heterocycles. The number of halogens is 1. The van der Waals surface area contributed by atoms with Crippen molar-refractivity contribution < 1.29 is 19.1 Å². The van der Waals surface area contributed by atoms with Crippen LogP contribution in [0.3, 0.4) is 0 Å². The van der Waals surface area contributed by atoms with Crippen LogP contribution in [-0.4, -0.2) is 23.0 Å². The summed E-state index contributed by atoms with van der Waals surface area (Å²) in [4.78, 5) is 22.6. The highest BCUT2D eigenvalue weighted by atomic mass is 79.9. The molecule has 1 rings (SSSR count). The minimum absolute atomic E-state index is 0.188. The lowest BCUT2D eigenvalue weighted by atomic mass is 10.0. The van der Waals surface area contributed by atoms with Gasteiger partial charge in [-0.25, -0.2) is 4.79 Å². The Morgan fingerprint density at radius 3 is 2.50 bits per heavy atom. The molecule has 0 bridgehead atoms. The molecule has 6 heteroatoms. The van der Waals surface area contributed by atoms with Crippen molar-refractivity contribution in [1.29, 1.82) is 0 Å². The third-order valence-corrected chi connectivity index (χ3v) is 2.70. The maximum atomic E-state index is 11.7. The maximum absolute atomic E-state index is 11.7. The maximum Gasteiger partial charge on any atom is 0.326 e. The second-order valence-corrected chi connectivity index (χ2v) is 4.36. The van der Waals surface area contributed by atoms with Crippen LogP contribution in [-0.2, 0) is 4.79 Å². The number of carbonyl (C=O) groups excluding carboxylic acids is 1. The summed E-state index contributed by atoms with van der Waals surface area (Å²) in [5, 5.41) is 11.3. The molecule has 0 saturated carbocycles. The summed E-state index contributed by atoms with van der Waals surface area (Å²) < 4.78 is 5.19. The van der Waals surface area contributed by atoms with Crippen molar-refractivity contribution in [2.24, 2.45) is 5.92 Å². The summed E-state index contributed by atoms with van der Waals surface area (Å²) in [5.74, 6) is -1.71. The first-order valence-electron chi connectivity index (χ1n) is 4.70. The number of nitrogens with one attached hydrogen (secondary N) is 1. The van der Waals surface area contributed by atoms with Crippen LogP contribution >= 0.6 is 15.9 Å². The summed E-state index contributed by atoms with van der Waals surface area (Å²) in [7, 11) is 0. The van der Waals surface area contributed by atoms with Crippen molar-refractivity contribution in [2.45, 2.75) is 19.9 Å². The first kappa shape index (κ1) is 12.8. The Morgan fingerprint density at radius 1 is 1.50 bits per heavy atom. The zero-order valence-corrected chi connectivity index (χ0v) is 10.4. The number of hydrogen-bond donors (Lipinski definition) is 2. The molecule has 2 N–H and O–H groups in total. The molecular weight excluding hydrogens is 278 g/mol. The molecule has 0 aliphatic carbocycles. The molecule has 88 valence electrons. The van der Waals surface area contributed by atoms with E-state index in [-0.39, 0.29) is 16.2 Å². The van der Waals surface area contributed by atoms with Gasteiger partial charge in [-0.1, -0.05) is 13.8 Å². The molecule has 5 nitrogen and oxygen atoms in total. The van der Waals surface area contributed by atoms with Crippen LogP contribution in [0.4, 0.5) is 0 Å². The lowest BCUT2D eigenvalue weighted by molar-refractivity contribution is -0.140. The van der Waals surface area contributed by atoms with Crippen LogP contribution in [0.5, 0.6) is 0 Å². The van der Waals surface area contributed by atoms with Gasteiger partial charge in [0.05, 0.1) is 11.8 Å². The zero-order valence-electron chi connectivity index (χ0n) is 8.86. The average molecular weight is 290 g/mol. The molecule has 0 fully saturated rings. The van der Waals surface area contributed by atoms with Gasteiger partial charge in [0.15, 0.2) is 4.67 Å². The van der Waals surface area contributed by atoms with Crippen LogP contribution in [0, 0.1) is 5.92 Å². The van der Waals surface area contributed by atoms with Gasteiger partial charge < -0.3 is 14.8 Å². The molecule has 1 atom stereocenters. The monoisotopic (exact) mass is 289 g/mol. The number of aliphatic carboxylic acids is 1. The third-order valence-electron chi connectivity index (χ3n) is 2.08. The lowest BCUT2D eigenvalue weighted by Crippen LogP contribution is -2.44. The first-order valence-corrected chi connectivity index (χ1v) is 5.49. The van der Waals surface area contributed by atoms with Gasteiger partial charge in [-0.15, -0.1) is 0 Å². The predicted octanol–water partition coefficient (Wildman–Crippen LogP) is 1.88. The number of carbonyl (C=O) groups is 2. The van der Waals surface area contributed by atoms with E-state index in [0.717, 1.165) is 0 Å². The normalized spacial score (nSPS) is 12.5. The molecule has 1 heterocycles. The standard InChI is InChI=1S/C10H12BrNO4/c1-5(2)7(10(14)15)12-9(13)6-3-4-16-8(6)11/h3-5,7H,1-2H3,(H,12,13)(H,14,15)/t7-/m0/s1. The Bertz CT molecular complexity index is 399. The van der Waals surface area contributed by atoms with Gasteiger partial charge in [-0.3, -0.25) is 4.79 Å². The van der Waals surface area contributed by atoms with Gasteiger partial charge in [0.2, 0.25) is 0 Å². The molecule has 0 unspecified atom stereocenters. The number of hydrogen-bond acceptors (Lipinski definition) is 3. The predicted molar refractivity (Wildman–Crippen MR) is 60.1 cm³/mol. The van der Waals surface area contributed by atoms with E-state index >= 15 is 0 Å². The highest BCUT2D eigenvalue weighted by Gasteiger charge is 2.25. The Labute approximate surface area is 101 Å². The highest BCUT2D eigenvalue weighted by molar-refractivity contribution is 9.10. The largest absolute Gasteiger partial charge is 0.480 e. The van der Waals surface area contributed by atoms with E-state index in [1.807, 2.05) is 0 Å². The van der Waals surface area contributed by atoms with Crippen LogP contribution in [0.1, 0.15) is 24.2 Å². The third kappa shape index (κ3) is 2.85. The molecule has 0 aliphatic rings. The Balaban J connectivity index is 2.77. The summed E-state index contributed by atoms with van der Waals surface area (Å²) in [5.41, 5.74) is 0.284. The number of furan rings is 1. The molecular formula is C10H12BrNO4. The zero-order chi connectivity index (χ0) is 12.3. The number of rotatable bonds is 4. The Hall–Kier alpha value is -1.30. The Morgan fingerprint density at radius 2 is 2.12 bits per heavy atom. The molecule has 16 heavy (non-hydrogen) atoms. The van der Waals surface area contributed by atoms with E-state index < -0.39 is 17.9 Å². The SMILES string of the molecule is CC(C)[C@H](NC(=O)c1ccoc1Br)C(=O)O. The summed E-state index contributed by atoms with van der Waals surface area (Å²) in [6.07, 6.45) is 1.35. The van der Waals surface area contributed by atoms with Gasteiger partial charge in [0.1, 0.15) is 6.04 Å². The van der Waals surface area contributed by atoms with Crippen molar-refractivity contribution in [3.8, 4) is 0 Å². The van der Waals surface area contributed by atoms with Crippen molar-refractivity contribution >= 4 is 27.8 Å². The molecule has 1 aromatic rings. The van der Waals surface area contributed by atoms with Crippen molar-refractivity contribution in [3.63, 3.8) is 0 Å². The topological polar surface area (TPSA) is 79.5 Å². The fraction of sp³-hybridized carbons (Fsp3) is 0.400. The van der Waals surface area contributed by atoms with Gasteiger partial charge >= 0.3 is 5.97 Å². The van der Waals surface area contributed by atoms with Gasteiger partial charge in [0.25, 0.3) is 5.91 Å². The molecule has 1 aromatic heterocycles. The summed E-state index contributed by atoms with van der Waals surface area (Å²) >= 11 is 3.06. The van der Waals surface area contributed by atoms with Crippen molar-refractivity contribution in [3.05, 3.63) is 22.6 Å². The van der Waals surface area contributed by atoms with E-state index in [9.17, 15) is 9.59 Å². The van der Waals surface area contributed by atoms with Crippen LogP contribution in [0.15, 0.2) is 21.4 Å². The van der Waals surface area contributed by atoms with Crippen molar-refractivity contribution in [2.75, 3.05) is 0 Å². The van der Waals surface area contributed by atoms with Crippen LogP contribution in [0.2, 0.25) is 0 Å². The van der Waals surface area contributed by atoms with Gasteiger partial charge in [-0.05, 0) is 27.9 Å². The molecule has 1 amide bonds. The number of carboxylic acids is 1. The van der Waals surface area contributed by atoms with E-state index in [4.69, 9.17) is 9.52 Å². The highest BCUT2D eigenvalue weighted by Crippen LogP contribution is 2.17. The summed E-state index contributed by atoms with van der Waals surface area (Å²) in [6, 6.07) is 0.563. The van der Waals surface area contributed by atoms with Crippen LogP contribution < -0.4 is 5.32 Å². The van der Waals surface area contributed by atoms with Gasteiger partial charge in [-0.2, -0.15) is 0 Å². The van der Waals surface area contributed by atoms with E-state index in [1.165, 1.54) is 12.3 Å². The lowest BCUT2D eigenvalue weighted by Gasteiger charge is -2.17. The fourth-order valence-electron chi connectivity index (χ4n) is 1.19. The second kappa shape index (κ2) is 5.16. The molecule has 0 radical (unpaired) electrons.